The molecule has 0 spiro atoms. The van der Waals surface area contributed by atoms with Crippen LogP contribution in [-0.2, 0) is 11.3 Å². The number of benzene rings is 4. The molecule has 5 aromatic rings. The van der Waals surface area contributed by atoms with Crippen LogP contribution in [0.15, 0.2) is 83.7 Å². The molecule has 0 radical (unpaired) electrons. The molecule has 0 atom stereocenters. The van der Waals surface area contributed by atoms with E-state index in [1.165, 1.54) is 40.1 Å². The first-order valence-corrected chi connectivity index (χ1v) is 13.6. The Bertz CT molecular complexity index is 1860. The van der Waals surface area contributed by atoms with E-state index >= 15 is 0 Å². The molecule has 0 unspecified atom stereocenters. The quantitative estimate of drug-likeness (QED) is 0.161. The fourth-order valence-corrected chi connectivity index (χ4v) is 5.09. The average Bonchev–Trinajstić information content (AvgIpc) is 3.06. The van der Waals surface area contributed by atoms with Crippen LogP contribution in [0, 0.1) is 0 Å². The predicted octanol–water partition coefficient (Wildman–Crippen LogP) is 5.64. The molecule has 0 saturated heterocycles. The third-order valence-corrected chi connectivity index (χ3v) is 7.19. The molecule has 0 fully saturated rings. The van der Waals surface area contributed by atoms with E-state index in [0.29, 0.717) is 56.6 Å². The number of nitrogens with zero attached hydrogens (tertiary/aromatic N) is 1. The summed E-state index contributed by atoms with van der Waals surface area (Å²) in [6, 6.07) is 22.9. The number of carbonyl (C=O) groups is 1. The molecule has 10 heteroatoms. The maximum Gasteiger partial charge on any atom is 0.355 e. The molecule has 5 rings (SSSR count). The standard InChI is InChI=1S/C34H32N2O8/c1-39-26-17-24-25(18-27(26)44-19-20-9-7-6-8-10-20)33(37)36(23-13-11-22(35)12-14-23)31(34(38)43-5)30(24)21-15-28(40-2)32(42-4)29(16-21)41-3/h6-18H,19,35H2,1-5H3. The lowest BCUT2D eigenvalue weighted by atomic mass is 9.95. The molecule has 1 aromatic heterocycles. The van der Waals surface area contributed by atoms with E-state index in [1.54, 1.807) is 48.5 Å². The van der Waals surface area contributed by atoms with Gasteiger partial charge in [-0.3, -0.25) is 9.36 Å². The lowest BCUT2D eigenvalue weighted by Gasteiger charge is -2.21. The number of anilines is 1. The van der Waals surface area contributed by atoms with Crippen molar-refractivity contribution in [2.24, 2.45) is 0 Å². The third kappa shape index (κ3) is 5.45. The number of rotatable bonds is 10. The zero-order chi connectivity index (χ0) is 31.4. The number of aromatic nitrogens is 1. The predicted molar refractivity (Wildman–Crippen MR) is 168 cm³/mol. The van der Waals surface area contributed by atoms with Crippen molar-refractivity contribution in [3.63, 3.8) is 0 Å². The number of pyridine rings is 1. The van der Waals surface area contributed by atoms with E-state index in [0.717, 1.165) is 5.56 Å². The van der Waals surface area contributed by atoms with Gasteiger partial charge in [-0.25, -0.2) is 4.79 Å². The van der Waals surface area contributed by atoms with Crippen molar-refractivity contribution in [1.82, 2.24) is 4.57 Å². The van der Waals surface area contributed by atoms with Gasteiger partial charge in [0.05, 0.1) is 40.9 Å². The second-order valence-electron chi connectivity index (χ2n) is 9.68. The van der Waals surface area contributed by atoms with Crippen molar-refractivity contribution in [2.75, 3.05) is 41.3 Å². The van der Waals surface area contributed by atoms with Crippen molar-refractivity contribution < 1.29 is 33.2 Å². The highest BCUT2D eigenvalue weighted by Crippen LogP contribution is 2.45. The number of methoxy groups -OCH3 is 5. The van der Waals surface area contributed by atoms with E-state index < -0.39 is 11.5 Å². The fourth-order valence-electron chi connectivity index (χ4n) is 5.09. The molecule has 0 amide bonds. The minimum Gasteiger partial charge on any atom is -0.493 e. The Kier molecular flexibility index (Phi) is 8.61. The summed E-state index contributed by atoms with van der Waals surface area (Å²) in [5, 5.41) is 0.683. The second kappa shape index (κ2) is 12.7. The molecule has 0 bridgehead atoms. The number of carbonyl (C=O) groups excluding carboxylic acids is 1. The smallest absolute Gasteiger partial charge is 0.355 e. The Morgan fingerprint density at radius 2 is 1.34 bits per heavy atom. The van der Waals surface area contributed by atoms with E-state index in [2.05, 4.69) is 0 Å². The van der Waals surface area contributed by atoms with Gasteiger partial charge in [0.1, 0.15) is 12.3 Å². The number of nitrogens with two attached hydrogens (primary N) is 1. The summed E-state index contributed by atoms with van der Waals surface area (Å²) in [6.07, 6.45) is 0. The molecule has 4 aromatic carbocycles. The van der Waals surface area contributed by atoms with Crippen molar-refractivity contribution in [3.8, 4) is 45.6 Å². The van der Waals surface area contributed by atoms with Gasteiger partial charge in [-0.05, 0) is 59.7 Å². The first kappa shape index (κ1) is 29.8. The van der Waals surface area contributed by atoms with Crippen LogP contribution in [0.4, 0.5) is 5.69 Å². The maximum atomic E-state index is 14.4. The van der Waals surface area contributed by atoms with Crippen molar-refractivity contribution in [1.29, 1.82) is 0 Å². The summed E-state index contributed by atoms with van der Waals surface area (Å²) < 4.78 is 35.2. The van der Waals surface area contributed by atoms with Crippen molar-refractivity contribution in [2.45, 2.75) is 6.61 Å². The molecule has 1 heterocycles. The monoisotopic (exact) mass is 596 g/mol. The second-order valence-corrected chi connectivity index (χ2v) is 9.68. The topological polar surface area (TPSA) is 120 Å². The van der Waals surface area contributed by atoms with Gasteiger partial charge in [-0.2, -0.15) is 0 Å². The Morgan fingerprint density at radius 3 is 1.91 bits per heavy atom. The highest BCUT2D eigenvalue weighted by Gasteiger charge is 2.28. The molecule has 2 N–H and O–H groups in total. The molecule has 0 saturated carbocycles. The number of hydrogen-bond donors (Lipinski definition) is 1. The Hall–Kier alpha value is -5.64. The van der Waals surface area contributed by atoms with Gasteiger partial charge < -0.3 is 34.2 Å². The van der Waals surface area contributed by atoms with Crippen LogP contribution in [0.25, 0.3) is 27.6 Å². The highest BCUT2D eigenvalue weighted by atomic mass is 16.5. The Morgan fingerprint density at radius 1 is 0.727 bits per heavy atom. The van der Waals surface area contributed by atoms with Gasteiger partial charge in [0, 0.05) is 22.3 Å². The summed E-state index contributed by atoms with van der Waals surface area (Å²) in [5.74, 6) is 1.04. The molecule has 0 aliphatic carbocycles. The van der Waals surface area contributed by atoms with E-state index in [4.69, 9.17) is 34.2 Å². The van der Waals surface area contributed by atoms with Crippen LogP contribution < -0.4 is 35.0 Å². The number of esters is 1. The Balaban J connectivity index is 1.91. The zero-order valence-corrected chi connectivity index (χ0v) is 25.0. The molecule has 44 heavy (non-hydrogen) atoms. The molecule has 0 aliphatic rings. The number of nitrogen functional groups attached to an aromatic ring is 1. The molecule has 226 valence electrons. The largest absolute Gasteiger partial charge is 0.493 e. The van der Waals surface area contributed by atoms with Gasteiger partial charge in [0.25, 0.3) is 5.56 Å². The zero-order valence-electron chi connectivity index (χ0n) is 25.0. The summed E-state index contributed by atoms with van der Waals surface area (Å²) in [4.78, 5) is 28.0. The molecular formula is C34H32N2O8. The maximum absolute atomic E-state index is 14.4. The van der Waals surface area contributed by atoms with Gasteiger partial charge in [-0.1, -0.05) is 30.3 Å². The van der Waals surface area contributed by atoms with E-state index in [9.17, 15) is 9.59 Å². The van der Waals surface area contributed by atoms with E-state index in [1.807, 2.05) is 30.3 Å². The number of ether oxygens (including phenoxy) is 6. The Labute approximate surface area is 254 Å². The minimum absolute atomic E-state index is 0.0240. The number of fused-ring (bicyclic) bond motifs is 1. The summed E-state index contributed by atoms with van der Waals surface area (Å²) in [7, 11) is 7.25. The normalized spacial score (nSPS) is 10.8. The first-order valence-electron chi connectivity index (χ1n) is 13.6. The average molecular weight is 597 g/mol. The lowest BCUT2D eigenvalue weighted by Crippen LogP contribution is -2.27. The van der Waals surface area contributed by atoms with Crippen LogP contribution in [0.5, 0.6) is 28.7 Å². The fraction of sp³-hybridized carbons (Fsp3) is 0.176. The van der Waals surface area contributed by atoms with Crippen LogP contribution in [0.3, 0.4) is 0 Å². The molecular weight excluding hydrogens is 564 g/mol. The van der Waals surface area contributed by atoms with Gasteiger partial charge >= 0.3 is 5.97 Å². The van der Waals surface area contributed by atoms with Crippen LogP contribution in [0.1, 0.15) is 16.1 Å². The van der Waals surface area contributed by atoms with Gasteiger partial charge in [-0.15, -0.1) is 0 Å². The SMILES string of the molecule is COC(=O)c1c(-c2cc(OC)c(OC)c(OC)c2)c2cc(OC)c(OCc3ccccc3)cc2c(=O)n1-c1ccc(N)cc1. The van der Waals surface area contributed by atoms with Crippen LogP contribution in [-0.4, -0.2) is 46.1 Å². The summed E-state index contributed by atoms with van der Waals surface area (Å²) in [6.45, 7) is 0.245. The third-order valence-electron chi connectivity index (χ3n) is 7.19. The molecule has 0 aliphatic heterocycles. The number of hydrogen-bond acceptors (Lipinski definition) is 9. The summed E-state index contributed by atoms with van der Waals surface area (Å²) in [5.41, 5.74) is 8.15. The highest BCUT2D eigenvalue weighted by molar-refractivity contribution is 6.08. The van der Waals surface area contributed by atoms with Crippen molar-refractivity contribution in [3.05, 3.63) is 100 Å². The van der Waals surface area contributed by atoms with Crippen molar-refractivity contribution >= 4 is 22.4 Å². The van der Waals surface area contributed by atoms with E-state index in [-0.39, 0.29) is 17.7 Å². The van der Waals surface area contributed by atoms with Crippen LogP contribution in [0.2, 0.25) is 0 Å². The van der Waals surface area contributed by atoms with Crippen LogP contribution >= 0.6 is 0 Å². The minimum atomic E-state index is -0.743. The molecule has 10 nitrogen and oxygen atoms in total. The summed E-state index contributed by atoms with van der Waals surface area (Å²) >= 11 is 0. The first-order chi connectivity index (χ1) is 21.3. The van der Waals surface area contributed by atoms with Gasteiger partial charge in [0.2, 0.25) is 5.75 Å². The lowest BCUT2D eigenvalue weighted by molar-refractivity contribution is 0.0591. The van der Waals surface area contributed by atoms with Gasteiger partial charge in [0.15, 0.2) is 23.0 Å².